The monoisotopic (exact) mass is 332 g/mol. The number of carbonyl (C=O) groups is 1. The number of nitrogens with one attached hydrogen (secondary N) is 1. The van der Waals surface area contributed by atoms with Gasteiger partial charge in [-0.15, -0.1) is 0 Å². The summed E-state index contributed by atoms with van der Waals surface area (Å²) in [6, 6.07) is 3.85. The predicted octanol–water partition coefficient (Wildman–Crippen LogP) is 3.15. The van der Waals surface area contributed by atoms with Gasteiger partial charge >= 0.3 is 6.03 Å². The van der Waals surface area contributed by atoms with Crippen molar-refractivity contribution < 1.29 is 13.7 Å². The quantitative estimate of drug-likeness (QED) is 0.909. The number of aromatic nitrogens is 2. The van der Waals surface area contributed by atoms with Gasteiger partial charge in [-0.05, 0) is 45.2 Å². The van der Waals surface area contributed by atoms with E-state index in [9.17, 15) is 4.79 Å². The zero-order chi connectivity index (χ0) is 17.1. The van der Waals surface area contributed by atoms with Crippen LogP contribution in [0.4, 0.5) is 4.79 Å². The van der Waals surface area contributed by atoms with Gasteiger partial charge in [0, 0.05) is 25.9 Å². The van der Waals surface area contributed by atoms with E-state index in [0.29, 0.717) is 18.3 Å². The molecule has 1 N–H and O–H groups in total. The van der Waals surface area contributed by atoms with E-state index in [-0.39, 0.29) is 18.1 Å². The molecule has 7 nitrogen and oxygen atoms in total. The van der Waals surface area contributed by atoms with Gasteiger partial charge in [0.15, 0.2) is 5.82 Å². The molecule has 0 radical (unpaired) electrons. The Morgan fingerprint density at radius 2 is 2.29 bits per heavy atom. The van der Waals surface area contributed by atoms with Crippen molar-refractivity contribution in [1.82, 2.24) is 20.4 Å². The molecule has 1 aliphatic heterocycles. The Kier molecular flexibility index (Phi) is 4.87. The Bertz CT molecular complexity index is 694. The molecular weight excluding hydrogens is 308 g/mol. The van der Waals surface area contributed by atoms with Gasteiger partial charge in [0.25, 0.3) is 0 Å². The molecule has 0 saturated carbocycles. The van der Waals surface area contributed by atoms with Crippen LogP contribution < -0.4 is 5.32 Å². The highest BCUT2D eigenvalue weighted by molar-refractivity contribution is 5.75. The number of nitrogens with zero attached hydrogens (tertiary/aromatic N) is 3. The smallest absolute Gasteiger partial charge is 0.318 e. The number of likely N-dealkylation sites (tertiary alicyclic amines) is 1. The second-order valence-corrected chi connectivity index (χ2v) is 6.42. The molecule has 1 fully saturated rings. The average Bonchev–Trinajstić information content (AvgIpc) is 3.25. The van der Waals surface area contributed by atoms with Gasteiger partial charge in [0.05, 0.1) is 6.04 Å². The zero-order valence-corrected chi connectivity index (χ0v) is 14.4. The molecule has 0 spiro atoms. The molecule has 2 aromatic rings. The predicted molar refractivity (Wildman–Crippen MR) is 87.5 cm³/mol. The van der Waals surface area contributed by atoms with E-state index >= 15 is 0 Å². The minimum absolute atomic E-state index is 0.0659. The molecule has 0 unspecified atom stereocenters. The summed E-state index contributed by atoms with van der Waals surface area (Å²) in [7, 11) is 0. The van der Waals surface area contributed by atoms with Gasteiger partial charge in [0.1, 0.15) is 11.5 Å². The summed E-state index contributed by atoms with van der Waals surface area (Å²) in [5, 5.41) is 7.03. The van der Waals surface area contributed by atoms with Gasteiger partial charge in [0.2, 0.25) is 5.89 Å². The van der Waals surface area contributed by atoms with Crippen LogP contribution in [0.25, 0.3) is 0 Å². The number of aryl methyl sites for hydroxylation is 3. The highest BCUT2D eigenvalue weighted by Crippen LogP contribution is 2.30. The van der Waals surface area contributed by atoms with Gasteiger partial charge in [-0.25, -0.2) is 4.79 Å². The second kappa shape index (κ2) is 7.07. The Morgan fingerprint density at radius 3 is 2.96 bits per heavy atom. The molecule has 3 heterocycles. The van der Waals surface area contributed by atoms with Crippen LogP contribution in [0, 0.1) is 13.8 Å². The summed E-state index contributed by atoms with van der Waals surface area (Å²) in [6.07, 6.45) is 3.46. The zero-order valence-electron chi connectivity index (χ0n) is 14.4. The van der Waals surface area contributed by atoms with Gasteiger partial charge < -0.3 is 19.2 Å². The SMILES string of the molecule is Cc1ccc(CC[C@@H](C)NC(=O)N2CCC[C@H]2c2noc(C)n2)o1. The first-order chi connectivity index (χ1) is 11.5. The van der Waals surface area contributed by atoms with Crippen LogP contribution >= 0.6 is 0 Å². The number of hydrogen-bond acceptors (Lipinski definition) is 5. The molecule has 3 rings (SSSR count). The minimum atomic E-state index is -0.0950. The van der Waals surface area contributed by atoms with E-state index in [2.05, 4.69) is 15.5 Å². The third-order valence-electron chi connectivity index (χ3n) is 4.34. The number of rotatable bonds is 5. The van der Waals surface area contributed by atoms with E-state index in [4.69, 9.17) is 8.94 Å². The molecule has 1 aliphatic rings. The highest BCUT2D eigenvalue weighted by Gasteiger charge is 2.33. The molecule has 0 aromatic carbocycles. The number of amides is 2. The average molecular weight is 332 g/mol. The fourth-order valence-corrected chi connectivity index (χ4v) is 3.07. The van der Waals surface area contributed by atoms with Crippen molar-refractivity contribution >= 4 is 6.03 Å². The summed E-state index contributed by atoms with van der Waals surface area (Å²) in [4.78, 5) is 18.6. The fraction of sp³-hybridized carbons (Fsp3) is 0.588. The molecular formula is C17H24N4O3. The summed E-state index contributed by atoms with van der Waals surface area (Å²) in [5.41, 5.74) is 0. The van der Waals surface area contributed by atoms with E-state index in [0.717, 1.165) is 37.2 Å². The first-order valence-electron chi connectivity index (χ1n) is 8.45. The van der Waals surface area contributed by atoms with Crippen molar-refractivity contribution in [3.63, 3.8) is 0 Å². The van der Waals surface area contributed by atoms with Crippen LogP contribution in [-0.2, 0) is 6.42 Å². The van der Waals surface area contributed by atoms with Crippen LogP contribution in [0.1, 0.15) is 55.5 Å². The summed E-state index contributed by atoms with van der Waals surface area (Å²) >= 11 is 0. The van der Waals surface area contributed by atoms with E-state index in [1.54, 1.807) is 11.8 Å². The van der Waals surface area contributed by atoms with E-state index < -0.39 is 0 Å². The lowest BCUT2D eigenvalue weighted by Gasteiger charge is -2.25. The number of furan rings is 1. The molecule has 130 valence electrons. The molecule has 7 heteroatoms. The largest absolute Gasteiger partial charge is 0.466 e. The van der Waals surface area contributed by atoms with Gasteiger partial charge in [-0.3, -0.25) is 0 Å². The van der Waals surface area contributed by atoms with Crippen molar-refractivity contribution in [2.24, 2.45) is 0 Å². The minimum Gasteiger partial charge on any atom is -0.466 e. The Morgan fingerprint density at radius 1 is 1.46 bits per heavy atom. The van der Waals surface area contributed by atoms with Gasteiger partial charge in [-0.1, -0.05) is 5.16 Å². The summed E-state index contributed by atoms with van der Waals surface area (Å²) in [6.45, 7) is 6.42. The first-order valence-corrected chi connectivity index (χ1v) is 8.45. The van der Waals surface area contributed by atoms with E-state index in [1.807, 2.05) is 26.0 Å². The van der Waals surface area contributed by atoms with Crippen LogP contribution in [0.2, 0.25) is 0 Å². The molecule has 1 saturated heterocycles. The fourth-order valence-electron chi connectivity index (χ4n) is 3.07. The van der Waals surface area contributed by atoms with Crippen molar-refractivity contribution in [1.29, 1.82) is 0 Å². The normalized spacial score (nSPS) is 18.8. The maximum atomic E-state index is 12.6. The Balaban J connectivity index is 1.53. The van der Waals surface area contributed by atoms with Crippen LogP contribution in [0.5, 0.6) is 0 Å². The van der Waals surface area contributed by atoms with E-state index in [1.165, 1.54) is 0 Å². The Labute approximate surface area is 141 Å². The van der Waals surface area contributed by atoms with Crippen LogP contribution in [0.15, 0.2) is 21.1 Å². The molecule has 2 atom stereocenters. The number of hydrogen-bond donors (Lipinski definition) is 1. The summed E-state index contributed by atoms with van der Waals surface area (Å²) in [5.74, 6) is 2.99. The van der Waals surface area contributed by atoms with Crippen LogP contribution in [0.3, 0.4) is 0 Å². The molecule has 2 aromatic heterocycles. The number of urea groups is 1. The van der Waals surface area contributed by atoms with Crippen molar-refractivity contribution in [3.8, 4) is 0 Å². The van der Waals surface area contributed by atoms with Crippen molar-refractivity contribution in [2.75, 3.05) is 6.54 Å². The summed E-state index contributed by atoms with van der Waals surface area (Å²) < 4.78 is 10.6. The lowest BCUT2D eigenvalue weighted by atomic mass is 10.1. The maximum Gasteiger partial charge on any atom is 0.318 e. The lowest BCUT2D eigenvalue weighted by molar-refractivity contribution is 0.186. The highest BCUT2D eigenvalue weighted by atomic mass is 16.5. The molecule has 0 aliphatic carbocycles. The second-order valence-electron chi connectivity index (χ2n) is 6.42. The van der Waals surface area contributed by atoms with Crippen LogP contribution in [-0.4, -0.2) is 33.7 Å². The molecule has 24 heavy (non-hydrogen) atoms. The molecule has 2 amide bonds. The van der Waals surface area contributed by atoms with Crippen molar-refractivity contribution in [2.45, 2.75) is 58.5 Å². The maximum absolute atomic E-state index is 12.6. The lowest BCUT2D eigenvalue weighted by Crippen LogP contribution is -2.43. The topological polar surface area (TPSA) is 84.4 Å². The Hall–Kier alpha value is -2.31. The number of carbonyl (C=O) groups excluding carboxylic acids is 1. The standard InChI is InChI=1S/C17H24N4O3/c1-11(6-8-14-9-7-12(2)23-14)18-17(22)21-10-4-5-15(21)16-19-13(3)24-20-16/h7,9,11,15H,4-6,8,10H2,1-3H3,(H,18,22)/t11-,15+/m1/s1. The third-order valence-corrected chi connectivity index (χ3v) is 4.34. The first kappa shape index (κ1) is 16.5. The van der Waals surface area contributed by atoms with Gasteiger partial charge in [-0.2, -0.15) is 4.98 Å². The van der Waals surface area contributed by atoms with Crippen molar-refractivity contribution in [3.05, 3.63) is 35.4 Å². The molecule has 0 bridgehead atoms. The third kappa shape index (κ3) is 3.77.